The van der Waals surface area contributed by atoms with Crippen molar-refractivity contribution in [2.75, 3.05) is 13.2 Å². The van der Waals surface area contributed by atoms with Crippen LogP contribution in [0.2, 0.25) is 0 Å². The molecule has 0 atom stereocenters. The summed E-state index contributed by atoms with van der Waals surface area (Å²) in [7, 11) is 0. The van der Waals surface area contributed by atoms with Crippen LogP contribution in [0.15, 0.2) is 57.7 Å². The van der Waals surface area contributed by atoms with Gasteiger partial charge in [0.25, 0.3) is 5.76 Å². The minimum Gasteiger partial charge on any atom is -0.482 e. The zero-order chi connectivity index (χ0) is 21.0. The first-order valence-electron chi connectivity index (χ1n) is 8.49. The molecule has 29 heavy (non-hydrogen) atoms. The van der Waals surface area contributed by atoms with Crippen molar-refractivity contribution < 1.29 is 36.6 Å². The van der Waals surface area contributed by atoms with E-state index in [-0.39, 0.29) is 29.1 Å². The van der Waals surface area contributed by atoms with E-state index in [0.717, 1.165) is 6.07 Å². The molecule has 0 saturated carbocycles. The van der Waals surface area contributed by atoms with E-state index >= 15 is 0 Å². The lowest BCUT2D eigenvalue weighted by molar-refractivity contribution is -0.154. The molecule has 2 aromatic carbocycles. The Morgan fingerprint density at radius 3 is 2.45 bits per heavy atom. The lowest BCUT2D eigenvalue weighted by Gasteiger charge is -2.13. The fourth-order valence-corrected chi connectivity index (χ4v) is 2.48. The number of fused-ring (bicyclic) bond motifs is 1. The van der Waals surface area contributed by atoms with Gasteiger partial charge in [0.05, 0.1) is 12.0 Å². The van der Waals surface area contributed by atoms with Crippen LogP contribution in [0.1, 0.15) is 12.7 Å². The Balaban J connectivity index is 2.03. The Morgan fingerprint density at radius 2 is 1.79 bits per heavy atom. The predicted molar refractivity (Wildman–Crippen MR) is 96.1 cm³/mol. The lowest BCUT2D eigenvalue weighted by Crippen LogP contribution is -2.16. The molecule has 3 aromatic rings. The molecule has 0 N–H and O–H groups in total. The standard InChI is InChI=1S/C20H15F3O6/c1-2-26-16(24)11-27-13-8-9-14-15(10-13)29-19(20(21,22)23)18(17(14)25)28-12-6-4-3-5-7-12/h3-10H,2,11H2,1H3. The first kappa shape index (κ1) is 20.2. The van der Waals surface area contributed by atoms with Gasteiger partial charge in [-0.05, 0) is 31.2 Å². The van der Waals surface area contributed by atoms with Crippen LogP contribution in [0.25, 0.3) is 11.0 Å². The van der Waals surface area contributed by atoms with Crippen molar-refractivity contribution in [1.82, 2.24) is 0 Å². The van der Waals surface area contributed by atoms with Crippen molar-refractivity contribution in [3.63, 3.8) is 0 Å². The summed E-state index contributed by atoms with van der Waals surface area (Å²) in [4.78, 5) is 24.0. The number of para-hydroxylation sites is 1. The fraction of sp³-hybridized carbons (Fsp3) is 0.200. The average Bonchev–Trinajstić information content (AvgIpc) is 2.68. The monoisotopic (exact) mass is 408 g/mol. The third-order valence-electron chi connectivity index (χ3n) is 3.70. The number of benzene rings is 2. The van der Waals surface area contributed by atoms with Crippen LogP contribution in [-0.4, -0.2) is 19.2 Å². The smallest absolute Gasteiger partial charge is 0.453 e. The van der Waals surface area contributed by atoms with Gasteiger partial charge in [0.15, 0.2) is 6.61 Å². The third-order valence-corrected chi connectivity index (χ3v) is 3.70. The molecule has 0 radical (unpaired) electrons. The number of esters is 1. The third kappa shape index (κ3) is 4.68. The molecule has 0 aliphatic carbocycles. The van der Waals surface area contributed by atoms with Crippen LogP contribution >= 0.6 is 0 Å². The molecule has 0 amide bonds. The molecule has 0 spiro atoms. The maximum atomic E-state index is 13.5. The van der Waals surface area contributed by atoms with Gasteiger partial charge in [-0.25, -0.2) is 4.79 Å². The highest BCUT2D eigenvalue weighted by Gasteiger charge is 2.40. The summed E-state index contributed by atoms with van der Waals surface area (Å²) in [5, 5.41) is -0.132. The first-order chi connectivity index (χ1) is 13.8. The maximum absolute atomic E-state index is 13.5. The molecule has 1 aromatic heterocycles. The van der Waals surface area contributed by atoms with Crippen molar-refractivity contribution >= 4 is 16.9 Å². The van der Waals surface area contributed by atoms with Crippen LogP contribution in [0, 0.1) is 0 Å². The Morgan fingerprint density at radius 1 is 1.07 bits per heavy atom. The van der Waals surface area contributed by atoms with Gasteiger partial charge >= 0.3 is 12.1 Å². The molecule has 3 rings (SSSR count). The molecule has 6 nitrogen and oxygen atoms in total. The zero-order valence-electron chi connectivity index (χ0n) is 15.1. The van der Waals surface area contributed by atoms with Crippen molar-refractivity contribution in [1.29, 1.82) is 0 Å². The second kappa shape index (κ2) is 8.26. The molecule has 152 valence electrons. The molecule has 0 unspecified atom stereocenters. The average molecular weight is 408 g/mol. The van der Waals surface area contributed by atoms with Crippen molar-refractivity contribution in [2.45, 2.75) is 13.1 Å². The van der Waals surface area contributed by atoms with Gasteiger partial charge in [0, 0.05) is 6.07 Å². The van der Waals surface area contributed by atoms with Gasteiger partial charge in [-0.2, -0.15) is 13.2 Å². The van der Waals surface area contributed by atoms with Crippen LogP contribution in [-0.2, 0) is 15.7 Å². The number of alkyl halides is 3. The van der Waals surface area contributed by atoms with Crippen molar-refractivity contribution in [2.24, 2.45) is 0 Å². The summed E-state index contributed by atoms with van der Waals surface area (Å²) in [5.74, 6) is -3.08. The molecule has 0 bridgehead atoms. The fourth-order valence-electron chi connectivity index (χ4n) is 2.48. The number of hydrogen-bond acceptors (Lipinski definition) is 6. The van der Waals surface area contributed by atoms with Crippen molar-refractivity contribution in [3.05, 3.63) is 64.5 Å². The van der Waals surface area contributed by atoms with Gasteiger partial charge in [-0.15, -0.1) is 0 Å². The molecule has 9 heteroatoms. The largest absolute Gasteiger partial charge is 0.482 e. The number of rotatable bonds is 6. The van der Waals surface area contributed by atoms with E-state index in [4.69, 9.17) is 18.6 Å². The Bertz CT molecular complexity index is 1070. The minimum absolute atomic E-state index is 0.0403. The van der Waals surface area contributed by atoms with Crippen LogP contribution in [0.5, 0.6) is 17.2 Å². The van der Waals surface area contributed by atoms with Gasteiger partial charge in [-0.1, -0.05) is 18.2 Å². The van der Waals surface area contributed by atoms with E-state index in [2.05, 4.69) is 0 Å². The van der Waals surface area contributed by atoms with Gasteiger partial charge in [0.2, 0.25) is 11.2 Å². The van der Waals surface area contributed by atoms with Gasteiger partial charge in [-0.3, -0.25) is 4.79 Å². The Hall–Kier alpha value is -3.49. The molecular formula is C20H15F3O6. The SMILES string of the molecule is CCOC(=O)COc1ccc2c(=O)c(Oc3ccccc3)c(C(F)(F)F)oc2c1. The summed E-state index contributed by atoms with van der Waals surface area (Å²) in [6.07, 6.45) is -4.97. The molecule has 0 saturated heterocycles. The Kier molecular flexibility index (Phi) is 5.76. The quantitative estimate of drug-likeness (QED) is 0.558. The van der Waals surface area contributed by atoms with E-state index in [1.807, 2.05) is 0 Å². The summed E-state index contributed by atoms with van der Waals surface area (Å²) in [6, 6.07) is 11.2. The normalized spacial score (nSPS) is 11.3. The minimum atomic E-state index is -4.97. The topological polar surface area (TPSA) is 75.0 Å². The first-order valence-corrected chi connectivity index (χ1v) is 8.49. The maximum Gasteiger partial charge on any atom is 0.453 e. The van der Waals surface area contributed by atoms with Gasteiger partial charge < -0.3 is 18.6 Å². The number of hydrogen-bond donors (Lipinski definition) is 0. The number of ether oxygens (including phenoxy) is 3. The molecule has 0 aliphatic heterocycles. The highest BCUT2D eigenvalue weighted by Crippen LogP contribution is 2.38. The number of carbonyl (C=O) groups excluding carboxylic acids is 1. The van der Waals surface area contributed by atoms with Crippen molar-refractivity contribution in [3.8, 4) is 17.2 Å². The molecule has 1 heterocycles. The predicted octanol–water partition coefficient (Wildman–Crippen LogP) is 4.55. The van der Waals surface area contributed by atoms with E-state index < -0.39 is 35.7 Å². The highest BCUT2D eigenvalue weighted by molar-refractivity contribution is 5.80. The summed E-state index contributed by atoms with van der Waals surface area (Å²) >= 11 is 0. The summed E-state index contributed by atoms with van der Waals surface area (Å²) in [6.45, 7) is 1.34. The second-order valence-corrected chi connectivity index (χ2v) is 5.75. The molecule has 0 aliphatic rings. The number of halogens is 3. The summed E-state index contributed by atoms with van der Waals surface area (Å²) < 4.78 is 60.5. The molecule has 0 fully saturated rings. The van der Waals surface area contributed by atoms with E-state index in [1.165, 1.54) is 24.3 Å². The second-order valence-electron chi connectivity index (χ2n) is 5.75. The Labute approximate surface area is 162 Å². The number of carbonyl (C=O) groups is 1. The van der Waals surface area contributed by atoms with Crippen LogP contribution in [0.4, 0.5) is 13.2 Å². The summed E-state index contributed by atoms with van der Waals surface area (Å²) in [5.41, 5.74) is -1.34. The van der Waals surface area contributed by atoms with Crippen LogP contribution < -0.4 is 14.9 Å². The van der Waals surface area contributed by atoms with E-state index in [1.54, 1.807) is 25.1 Å². The van der Waals surface area contributed by atoms with Crippen LogP contribution in [0.3, 0.4) is 0 Å². The molecular weight excluding hydrogens is 393 g/mol. The lowest BCUT2D eigenvalue weighted by atomic mass is 10.2. The highest BCUT2D eigenvalue weighted by atomic mass is 19.4. The van der Waals surface area contributed by atoms with E-state index in [0.29, 0.717) is 0 Å². The zero-order valence-corrected chi connectivity index (χ0v) is 15.1. The van der Waals surface area contributed by atoms with E-state index in [9.17, 15) is 22.8 Å². The van der Waals surface area contributed by atoms with Gasteiger partial charge in [0.1, 0.15) is 17.1 Å².